The number of ether oxygens (including phenoxy) is 3. The lowest BCUT2D eigenvalue weighted by molar-refractivity contribution is 0.0255. The molecule has 3 aromatic heterocycles. The van der Waals surface area contributed by atoms with Gasteiger partial charge in [0.05, 0.1) is 32.1 Å². The topological polar surface area (TPSA) is 97.8 Å². The highest BCUT2D eigenvalue weighted by Gasteiger charge is 2.18. The summed E-state index contributed by atoms with van der Waals surface area (Å²) in [5, 5.41) is 0.951. The van der Waals surface area contributed by atoms with Gasteiger partial charge in [-0.2, -0.15) is 0 Å². The number of nitrogens with one attached hydrogen (secondary N) is 1. The largest absolute Gasteiger partial charge is 0.490 e. The van der Waals surface area contributed by atoms with E-state index in [2.05, 4.69) is 55.2 Å². The normalized spacial score (nSPS) is 17.1. The van der Waals surface area contributed by atoms with Crippen LogP contribution in [0.1, 0.15) is 18.4 Å². The Bertz CT molecular complexity index is 1390. The van der Waals surface area contributed by atoms with Gasteiger partial charge in [0.2, 0.25) is 0 Å². The van der Waals surface area contributed by atoms with Gasteiger partial charge in [-0.25, -0.2) is 15.0 Å². The molecule has 9 heteroatoms. The standard InChI is InChI=1S/C28H30N6O3/c1-29-16-21-14-19(2-4-25(21)37-22-6-10-35-11-7-22)27-23-15-24(33-28(23)32-18-31-27)20-3-5-26(30-17-20)34-8-12-36-13-9-34/h2-5,14-18,22H,6-13H2,1H3,(H,31,32,33)/b29-16-. The number of anilines is 1. The molecule has 2 aliphatic heterocycles. The van der Waals surface area contributed by atoms with E-state index in [4.69, 9.17) is 19.2 Å². The van der Waals surface area contributed by atoms with Crippen LogP contribution in [0.25, 0.3) is 33.5 Å². The number of nitrogens with zero attached hydrogens (tertiary/aromatic N) is 5. The lowest BCUT2D eigenvalue weighted by Gasteiger charge is -2.27. The third-order valence-electron chi connectivity index (χ3n) is 6.83. The average molecular weight is 499 g/mol. The van der Waals surface area contributed by atoms with E-state index in [1.165, 1.54) is 0 Å². The zero-order chi connectivity index (χ0) is 25.0. The minimum absolute atomic E-state index is 0.157. The number of benzene rings is 1. The molecule has 37 heavy (non-hydrogen) atoms. The molecule has 4 aromatic rings. The van der Waals surface area contributed by atoms with Crippen molar-refractivity contribution in [2.45, 2.75) is 18.9 Å². The van der Waals surface area contributed by atoms with Gasteiger partial charge < -0.3 is 24.1 Å². The number of aromatic nitrogens is 4. The third-order valence-corrected chi connectivity index (χ3v) is 6.83. The van der Waals surface area contributed by atoms with Crippen LogP contribution in [0, 0.1) is 0 Å². The van der Waals surface area contributed by atoms with Crippen LogP contribution in [0.5, 0.6) is 5.75 Å². The maximum atomic E-state index is 6.31. The predicted molar refractivity (Wildman–Crippen MR) is 144 cm³/mol. The molecule has 2 saturated heterocycles. The molecule has 0 bridgehead atoms. The second-order valence-corrected chi connectivity index (χ2v) is 9.24. The minimum atomic E-state index is 0.157. The Morgan fingerprint density at radius 1 is 0.973 bits per heavy atom. The number of aromatic amines is 1. The van der Waals surface area contributed by atoms with Gasteiger partial charge >= 0.3 is 0 Å². The van der Waals surface area contributed by atoms with Crippen LogP contribution < -0.4 is 9.64 Å². The number of H-pyrrole nitrogens is 1. The van der Waals surface area contributed by atoms with Crippen LogP contribution in [0.15, 0.2) is 53.9 Å². The Kier molecular flexibility index (Phi) is 6.79. The van der Waals surface area contributed by atoms with Crippen molar-refractivity contribution < 1.29 is 14.2 Å². The highest BCUT2D eigenvalue weighted by atomic mass is 16.5. The number of morpholine rings is 1. The first-order valence-corrected chi connectivity index (χ1v) is 12.7. The summed E-state index contributed by atoms with van der Waals surface area (Å²) >= 11 is 0. The van der Waals surface area contributed by atoms with Gasteiger partial charge in [0.25, 0.3) is 0 Å². The fourth-order valence-corrected chi connectivity index (χ4v) is 4.87. The Hall–Kier alpha value is -3.82. The molecular weight excluding hydrogens is 468 g/mol. The molecule has 1 aromatic carbocycles. The lowest BCUT2D eigenvalue weighted by atomic mass is 10.0. The van der Waals surface area contributed by atoms with Gasteiger partial charge in [-0.05, 0) is 36.4 Å². The van der Waals surface area contributed by atoms with Crippen molar-refractivity contribution in [2.75, 3.05) is 51.5 Å². The van der Waals surface area contributed by atoms with E-state index in [1.807, 2.05) is 18.5 Å². The second-order valence-electron chi connectivity index (χ2n) is 9.24. The van der Waals surface area contributed by atoms with Gasteiger partial charge in [0, 0.05) is 73.2 Å². The highest BCUT2D eigenvalue weighted by molar-refractivity contribution is 5.95. The minimum Gasteiger partial charge on any atom is -0.490 e. The Balaban J connectivity index is 1.30. The van der Waals surface area contributed by atoms with E-state index >= 15 is 0 Å². The molecule has 0 amide bonds. The fraction of sp³-hybridized carbons (Fsp3) is 0.357. The summed E-state index contributed by atoms with van der Waals surface area (Å²) in [4.78, 5) is 23.8. The molecule has 0 spiro atoms. The van der Waals surface area contributed by atoms with Gasteiger partial charge in [0.1, 0.15) is 29.6 Å². The number of aliphatic imine (C=N–C) groups is 1. The number of pyridine rings is 1. The van der Waals surface area contributed by atoms with Crippen LogP contribution in [0.4, 0.5) is 5.82 Å². The SMILES string of the molecule is C/N=C\c1cc(-c2ncnc3[nH]c(-c4ccc(N5CCOCC5)nc4)cc23)ccc1OC1CCOCC1. The molecule has 1 N–H and O–H groups in total. The number of fused-ring (bicyclic) bond motifs is 1. The average Bonchev–Trinajstić information content (AvgIpc) is 3.40. The monoisotopic (exact) mass is 498 g/mol. The van der Waals surface area contributed by atoms with Crippen molar-refractivity contribution >= 4 is 23.1 Å². The first-order valence-electron chi connectivity index (χ1n) is 12.7. The summed E-state index contributed by atoms with van der Waals surface area (Å²) in [5.41, 5.74) is 5.50. The third kappa shape index (κ3) is 5.05. The van der Waals surface area contributed by atoms with E-state index in [9.17, 15) is 0 Å². The Labute approximate surface area is 215 Å². The van der Waals surface area contributed by atoms with E-state index in [1.54, 1.807) is 13.4 Å². The number of rotatable bonds is 6. The maximum absolute atomic E-state index is 6.31. The fourth-order valence-electron chi connectivity index (χ4n) is 4.87. The molecule has 0 atom stereocenters. The van der Waals surface area contributed by atoms with Gasteiger partial charge in [-0.15, -0.1) is 0 Å². The quantitative estimate of drug-likeness (QED) is 0.399. The summed E-state index contributed by atoms with van der Waals surface area (Å²) in [6, 6.07) is 12.4. The molecule has 2 fully saturated rings. The smallest absolute Gasteiger partial charge is 0.141 e. The van der Waals surface area contributed by atoms with Crippen molar-refractivity contribution in [1.82, 2.24) is 19.9 Å². The van der Waals surface area contributed by atoms with Gasteiger partial charge in [-0.1, -0.05) is 0 Å². The molecule has 5 heterocycles. The van der Waals surface area contributed by atoms with Crippen molar-refractivity contribution in [3.63, 3.8) is 0 Å². The van der Waals surface area contributed by atoms with Gasteiger partial charge in [-0.3, -0.25) is 4.99 Å². The molecule has 0 radical (unpaired) electrons. The van der Waals surface area contributed by atoms with Crippen LogP contribution in [0.3, 0.4) is 0 Å². The first-order chi connectivity index (χ1) is 18.3. The number of hydrogen-bond donors (Lipinski definition) is 1. The molecule has 0 aliphatic carbocycles. The zero-order valence-corrected chi connectivity index (χ0v) is 20.9. The summed E-state index contributed by atoms with van der Waals surface area (Å²) in [6.07, 6.45) is 7.28. The molecule has 9 nitrogen and oxygen atoms in total. The lowest BCUT2D eigenvalue weighted by Crippen LogP contribution is -2.36. The van der Waals surface area contributed by atoms with Crippen molar-refractivity contribution in [1.29, 1.82) is 0 Å². The molecular formula is C28H30N6O3. The summed E-state index contributed by atoms with van der Waals surface area (Å²) < 4.78 is 17.2. The first kappa shape index (κ1) is 23.6. The van der Waals surface area contributed by atoms with E-state index in [0.717, 1.165) is 103 Å². The summed E-state index contributed by atoms with van der Waals surface area (Å²) in [5.74, 6) is 1.80. The molecule has 0 saturated carbocycles. The second kappa shape index (κ2) is 10.7. The summed E-state index contributed by atoms with van der Waals surface area (Å²) in [7, 11) is 1.77. The summed E-state index contributed by atoms with van der Waals surface area (Å²) in [6.45, 7) is 4.67. The zero-order valence-electron chi connectivity index (χ0n) is 20.9. The van der Waals surface area contributed by atoms with E-state index < -0.39 is 0 Å². The van der Waals surface area contributed by atoms with Crippen LogP contribution in [0.2, 0.25) is 0 Å². The van der Waals surface area contributed by atoms with Crippen molar-refractivity contribution in [3.8, 4) is 28.3 Å². The van der Waals surface area contributed by atoms with E-state index in [0.29, 0.717) is 0 Å². The predicted octanol–water partition coefficient (Wildman–Crippen LogP) is 4.13. The molecule has 190 valence electrons. The van der Waals surface area contributed by atoms with Crippen LogP contribution in [-0.2, 0) is 9.47 Å². The van der Waals surface area contributed by atoms with E-state index in [-0.39, 0.29) is 6.10 Å². The van der Waals surface area contributed by atoms with Crippen LogP contribution in [-0.4, -0.2) is 78.8 Å². The van der Waals surface area contributed by atoms with Crippen LogP contribution >= 0.6 is 0 Å². The molecule has 0 unspecified atom stereocenters. The Morgan fingerprint density at radius 2 is 1.78 bits per heavy atom. The molecule has 2 aliphatic rings. The number of hydrogen-bond acceptors (Lipinski definition) is 8. The van der Waals surface area contributed by atoms with Crippen molar-refractivity contribution in [3.05, 3.63) is 54.5 Å². The van der Waals surface area contributed by atoms with Crippen molar-refractivity contribution in [2.24, 2.45) is 4.99 Å². The highest BCUT2D eigenvalue weighted by Crippen LogP contribution is 2.33. The van der Waals surface area contributed by atoms with Gasteiger partial charge in [0.15, 0.2) is 0 Å². The molecule has 6 rings (SSSR count). The Morgan fingerprint density at radius 3 is 2.57 bits per heavy atom. The maximum Gasteiger partial charge on any atom is 0.141 e.